The average Bonchev–Trinajstić information content (AvgIpc) is 2.62. The molecule has 132 valence electrons. The van der Waals surface area contributed by atoms with Crippen molar-refractivity contribution in [2.45, 2.75) is 19.5 Å². The van der Waals surface area contributed by atoms with Gasteiger partial charge in [0, 0.05) is 45.5 Å². The van der Waals surface area contributed by atoms with Gasteiger partial charge in [0.2, 0.25) is 5.91 Å². The van der Waals surface area contributed by atoms with Crippen molar-refractivity contribution in [3.8, 4) is 0 Å². The minimum absolute atomic E-state index is 0.140. The van der Waals surface area contributed by atoms with Gasteiger partial charge in [-0.3, -0.25) is 9.78 Å². The number of urea groups is 1. The minimum Gasteiger partial charge on any atom is -0.352 e. The molecule has 2 rings (SSSR count). The zero-order valence-electron chi connectivity index (χ0n) is 14.0. The number of halogens is 1. The SMILES string of the molecule is CN(Cc1ccc(F)cc1)C(=O)NCCC(=O)NCc1ccncc1. The molecule has 0 radical (unpaired) electrons. The van der Waals surface area contributed by atoms with Gasteiger partial charge < -0.3 is 15.5 Å². The molecule has 2 N–H and O–H groups in total. The van der Waals surface area contributed by atoms with Crippen molar-refractivity contribution >= 4 is 11.9 Å². The standard InChI is InChI=1S/C18H21FN4O2/c1-23(13-15-2-4-16(19)5-3-15)18(25)21-11-8-17(24)22-12-14-6-9-20-10-7-14/h2-7,9-10H,8,11-13H2,1H3,(H,21,25)(H,22,24). The summed E-state index contributed by atoms with van der Waals surface area (Å²) >= 11 is 0. The van der Waals surface area contributed by atoms with Crippen LogP contribution in [0.2, 0.25) is 0 Å². The van der Waals surface area contributed by atoms with Gasteiger partial charge >= 0.3 is 6.03 Å². The Labute approximate surface area is 146 Å². The molecular weight excluding hydrogens is 323 g/mol. The Morgan fingerprint density at radius 1 is 1.04 bits per heavy atom. The fraction of sp³-hybridized carbons (Fsp3) is 0.278. The van der Waals surface area contributed by atoms with Crippen LogP contribution in [-0.2, 0) is 17.9 Å². The van der Waals surface area contributed by atoms with Gasteiger partial charge in [-0.2, -0.15) is 0 Å². The Hall–Kier alpha value is -2.96. The number of hydrogen-bond donors (Lipinski definition) is 2. The van der Waals surface area contributed by atoms with Crippen LogP contribution in [0.15, 0.2) is 48.8 Å². The van der Waals surface area contributed by atoms with E-state index in [1.54, 1.807) is 31.6 Å². The highest BCUT2D eigenvalue weighted by molar-refractivity contribution is 5.78. The molecule has 7 heteroatoms. The van der Waals surface area contributed by atoms with Crippen LogP contribution >= 0.6 is 0 Å². The normalized spacial score (nSPS) is 10.2. The molecule has 1 aromatic carbocycles. The van der Waals surface area contributed by atoms with Gasteiger partial charge in [0.05, 0.1) is 0 Å². The number of hydrogen-bond acceptors (Lipinski definition) is 3. The van der Waals surface area contributed by atoms with Gasteiger partial charge in [-0.15, -0.1) is 0 Å². The molecule has 6 nitrogen and oxygen atoms in total. The van der Waals surface area contributed by atoms with Crippen molar-refractivity contribution in [1.82, 2.24) is 20.5 Å². The van der Waals surface area contributed by atoms with E-state index in [0.29, 0.717) is 13.1 Å². The minimum atomic E-state index is -0.311. The lowest BCUT2D eigenvalue weighted by molar-refractivity contribution is -0.121. The van der Waals surface area contributed by atoms with E-state index in [-0.39, 0.29) is 30.7 Å². The van der Waals surface area contributed by atoms with E-state index in [1.807, 2.05) is 12.1 Å². The molecule has 0 saturated heterocycles. The zero-order valence-corrected chi connectivity index (χ0v) is 14.0. The monoisotopic (exact) mass is 344 g/mol. The maximum absolute atomic E-state index is 12.9. The third kappa shape index (κ3) is 6.58. The number of carbonyl (C=O) groups excluding carboxylic acids is 2. The maximum Gasteiger partial charge on any atom is 0.317 e. The maximum atomic E-state index is 12.9. The summed E-state index contributed by atoms with van der Waals surface area (Å²) in [6.07, 6.45) is 3.53. The number of aromatic nitrogens is 1. The van der Waals surface area contributed by atoms with E-state index in [1.165, 1.54) is 17.0 Å². The van der Waals surface area contributed by atoms with E-state index in [4.69, 9.17) is 0 Å². The Morgan fingerprint density at radius 3 is 2.40 bits per heavy atom. The van der Waals surface area contributed by atoms with Gasteiger partial charge in [0.15, 0.2) is 0 Å². The molecule has 0 unspecified atom stereocenters. The van der Waals surface area contributed by atoms with Crippen LogP contribution < -0.4 is 10.6 Å². The Balaban J connectivity index is 1.65. The van der Waals surface area contributed by atoms with E-state index >= 15 is 0 Å². The smallest absolute Gasteiger partial charge is 0.317 e. The summed E-state index contributed by atoms with van der Waals surface area (Å²) in [6.45, 7) is 1.04. The molecule has 0 fully saturated rings. The summed E-state index contributed by atoms with van der Waals surface area (Å²) in [4.78, 5) is 29.1. The lowest BCUT2D eigenvalue weighted by Crippen LogP contribution is -2.38. The summed E-state index contributed by atoms with van der Waals surface area (Å²) < 4.78 is 12.9. The van der Waals surface area contributed by atoms with E-state index < -0.39 is 0 Å². The van der Waals surface area contributed by atoms with Crippen LogP contribution in [0.5, 0.6) is 0 Å². The second-order valence-electron chi connectivity index (χ2n) is 5.60. The van der Waals surface area contributed by atoms with Crippen molar-refractivity contribution in [2.75, 3.05) is 13.6 Å². The van der Waals surface area contributed by atoms with Crippen LogP contribution in [0, 0.1) is 5.82 Å². The molecule has 0 saturated carbocycles. The molecule has 1 heterocycles. The van der Waals surface area contributed by atoms with Crippen LogP contribution in [0.4, 0.5) is 9.18 Å². The third-order valence-corrected chi connectivity index (χ3v) is 3.55. The summed E-state index contributed by atoms with van der Waals surface area (Å²) in [5.41, 5.74) is 1.79. The summed E-state index contributed by atoms with van der Waals surface area (Å²) in [5, 5.41) is 5.47. The van der Waals surface area contributed by atoms with Crippen molar-refractivity contribution in [3.05, 3.63) is 65.7 Å². The number of pyridine rings is 1. The molecule has 0 atom stereocenters. The van der Waals surface area contributed by atoms with Crippen LogP contribution in [0.1, 0.15) is 17.5 Å². The summed E-state index contributed by atoms with van der Waals surface area (Å²) in [6, 6.07) is 9.34. The highest BCUT2D eigenvalue weighted by Gasteiger charge is 2.09. The highest BCUT2D eigenvalue weighted by Crippen LogP contribution is 2.05. The van der Waals surface area contributed by atoms with Crippen molar-refractivity contribution in [3.63, 3.8) is 0 Å². The quantitative estimate of drug-likeness (QED) is 0.807. The van der Waals surface area contributed by atoms with Crippen LogP contribution in [-0.4, -0.2) is 35.4 Å². The first-order chi connectivity index (χ1) is 12.0. The molecule has 2 aromatic rings. The molecular formula is C18H21FN4O2. The second-order valence-corrected chi connectivity index (χ2v) is 5.60. The highest BCUT2D eigenvalue weighted by atomic mass is 19.1. The van der Waals surface area contributed by atoms with Gasteiger partial charge in [0.1, 0.15) is 5.82 Å². The first-order valence-electron chi connectivity index (χ1n) is 7.93. The van der Waals surface area contributed by atoms with Gasteiger partial charge in [-0.1, -0.05) is 12.1 Å². The number of nitrogens with one attached hydrogen (secondary N) is 2. The third-order valence-electron chi connectivity index (χ3n) is 3.55. The second kappa shape index (κ2) is 9.36. The Kier molecular flexibility index (Phi) is 6.88. The molecule has 3 amide bonds. The molecule has 1 aromatic heterocycles. The van der Waals surface area contributed by atoms with Gasteiger partial charge in [-0.25, -0.2) is 9.18 Å². The molecule has 0 aliphatic rings. The zero-order chi connectivity index (χ0) is 18.1. The molecule has 25 heavy (non-hydrogen) atoms. The number of nitrogens with zero attached hydrogens (tertiary/aromatic N) is 2. The molecule has 0 spiro atoms. The van der Waals surface area contributed by atoms with Crippen molar-refractivity contribution in [2.24, 2.45) is 0 Å². The number of benzene rings is 1. The van der Waals surface area contributed by atoms with Crippen molar-refractivity contribution in [1.29, 1.82) is 0 Å². The Bertz CT molecular complexity index is 692. The predicted octanol–water partition coefficient (Wildman–Crippen LogP) is 2.07. The lowest BCUT2D eigenvalue weighted by Gasteiger charge is -2.18. The van der Waals surface area contributed by atoms with Gasteiger partial charge in [-0.05, 0) is 35.4 Å². The number of amides is 3. The van der Waals surface area contributed by atoms with Gasteiger partial charge in [0.25, 0.3) is 0 Å². The average molecular weight is 344 g/mol. The topological polar surface area (TPSA) is 74.3 Å². The Morgan fingerprint density at radius 2 is 1.72 bits per heavy atom. The fourth-order valence-electron chi connectivity index (χ4n) is 2.14. The van der Waals surface area contributed by atoms with E-state index in [9.17, 15) is 14.0 Å². The van der Waals surface area contributed by atoms with E-state index in [0.717, 1.165) is 11.1 Å². The summed E-state index contributed by atoms with van der Waals surface area (Å²) in [7, 11) is 1.64. The van der Waals surface area contributed by atoms with Crippen molar-refractivity contribution < 1.29 is 14.0 Å². The van der Waals surface area contributed by atoms with Crippen LogP contribution in [0.3, 0.4) is 0 Å². The first-order valence-corrected chi connectivity index (χ1v) is 7.93. The predicted molar refractivity (Wildman–Crippen MR) is 92.0 cm³/mol. The largest absolute Gasteiger partial charge is 0.352 e. The fourth-order valence-corrected chi connectivity index (χ4v) is 2.14. The number of rotatable bonds is 7. The summed E-state index contributed by atoms with van der Waals surface area (Å²) in [5.74, 6) is -0.452. The van der Waals surface area contributed by atoms with Crippen LogP contribution in [0.25, 0.3) is 0 Å². The lowest BCUT2D eigenvalue weighted by atomic mass is 10.2. The van der Waals surface area contributed by atoms with E-state index in [2.05, 4.69) is 15.6 Å². The first kappa shape index (κ1) is 18.4. The molecule has 0 aliphatic carbocycles. The number of carbonyl (C=O) groups is 2. The molecule has 0 aliphatic heterocycles. The molecule has 0 bridgehead atoms.